The molecule has 0 spiro atoms. The first kappa shape index (κ1) is 21.6. The van der Waals surface area contributed by atoms with Gasteiger partial charge in [0.2, 0.25) is 0 Å². The van der Waals surface area contributed by atoms with E-state index in [-0.39, 0.29) is 18.0 Å². The molecule has 0 fully saturated rings. The minimum Gasteiger partial charge on any atom is -0.504 e. The largest absolute Gasteiger partial charge is 0.504 e. The number of methoxy groups -OCH3 is 2. The Morgan fingerprint density at radius 1 is 1.03 bits per heavy atom. The lowest BCUT2D eigenvalue weighted by Crippen LogP contribution is -2.01. The summed E-state index contributed by atoms with van der Waals surface area (Å²) in [6.07, 6.45) is 0. The summed E-state index contributed by atoms with van der Waals surface area (Å²) < 4.78 is 10.5. The summed E-state index contributed by atoms with van der Waals surface area (Å²) in [6, 6.07) is 16.9. The van der Waals surface area contributed by atoms with Crippen LogP contribution >= 0.6 is 0 Å². The number of nitro benzene ring substituents is 1. The predicted octanol–water partition coefficient (Wildman–Crippen LogP) is 4.93. The van der Waals surface area contributed by atoms with E-state index in [1.54, 1.807) is 38.3 Å². The highest BCUT2D eigenvalue weighted by Crippen LogP contribution is 2.36. The molecular weight excluding hydrogens is 400 g/mol. The van der Waals surface area contributed by atoms with Gasteiger partial charge in [-0.1, -0.05) is 17.3 Å². The molecule has 8 heteroatoms. The summed E-state index contributed by atoms with van der Waals surface area (Å²) in [5.74, 6) is 1.06. The normalized spacial score (nSPS) is 11.1. The zero-order chi connectivity index (χ0) is 22.4. The zero-order valence-electron chi connectivity index (χ0n) is 17.4. The fourth-order valence-electron chi connectivity index (χ4n) is 3.01. The Kier molecular flexibility index (Phi) is 6.71. The fraction of sp³-hybridized carbons (Fsp3) is 0.174. The molecule has 8 nitrogen and oxygen atoms in total. The van der Waals surface area contributed by atoms with Crippen molar-refractivity contribution in [1.29, 1.82) is 0 Å². The van der Waals surface area contributed by atoms with E-state index in [4.69, 9.17) is 14.3 Å². The van der Waals surface area contributed by atoms with E-state index < -0.39 is 4.92 Å². The second-order valence-corrected chi connectivity index (χ2v) is 6.67. The summed E-state index contributed by atoms with van der Waals surface area (Å²) in [5, 5.41) is 25.2. The van der Waals surface area contributed by atoms with Crippen LogP contribution in [0.4, 0.5) is 5.69 Å². The quantitative estimate of drug-likeness (QED) is 0.314. The van der Waals surface area contributed by atoms with Crippen LogP contribution in [0, 0.1) is 10.1 Å². The van der Waals surface area contributed by atoms with Gasteiger partial charge in [0.05, 0.1) is 24.9 Å². The van der Waals surface area contributed by atoms with Crippen LogP contribution in [0.15, 0.2) is 65.8 Å². The molecule has 3 rings (SSSR count). The van der Waals surface area contributed by atoms with Crippen molar-refractivity contribution in [1.82, 2.24) is 0 Å². The molecule has 0 saturated carbocycles. The smallest absolute Gasteiger partial charge is 0.269 e. The van der Waals surface area contributed by atoms with Crippen LogP contribution in [0.1, 0.15) is 18.1 Å². The first-order chi connectivity index (χ1) is 14.9. The standard InChI is InChI=1S/C23H22N2O6/c1-15(24-31-14-16-4-8-18(9-5-16)25(27)28)20-12-22(26)23(30-3)13-21(20)17-6-10-19(29-2)11-7-17/h4-13,26H,14H2,1-3H3/b24-15+. The molecular formula is C23H22N2O6. The van der Waals surface area contributed by atoms with E-state index in [1.807, 2.05) is 24.3 Å². The lowest BCUT2D eigenvalue weighted by molar-refractivity contribution is -0.384. The van der Waals surface area contributed by atoms with Gasteiger partial charge in [-0.15, -0.1) is 0 Å². The van der Waals surface area contributed by atoms with Crippen molar-refractivity contribution in [3.63, 3.8) is 0 Å². The SMILES string of the molecule is COc1ccc(-c2cc(OC)c(O)cc2/C(C)=N/OCc2ccc([N+](=O)[O-])cc2)cc1. The second-order valence-electron chi connectivity index (χ2n) is 6.67. The molecule has 0 aliphatic rings. The minimum atomic E-state index is -0.455. The molecule has 31 heavy (non-hydrogen) atoms. The van der Waals surface area contributed by atoms with Gasteiger partial charge in [0.25, 0.3) is 5.69 Å². The summed E-state index contributed by atoms with van der Waals surface area (Å²) >= 11 is 0. The molecule has 0 bridgehead atoms. The van der Waals surface area contributed by atoms with Crippen LogP contribution in [-0.2, 0) is 11.4 Å². The first-order valence-electron chi connectivity index (χ1n) is 9.38. The summed E-state index contributed by atoms with van der Waals surface area (Å²) in [7, 11) is 3.09. The number of rotatable bonds is 8. The maximum absolute atomic E-state index is 10.7. The average Bonchev–Trinajstić information content (AvgIpc) is 2.79. The number of hydrogen-bond acceptors (Lipinski definition) is 7. The fourth-order valence-corrected chi connectivity index (χ4v) is 3.01. The molecule has 1 N–H and O–H groups in total. The lowest BCUT2D eigenvalue weighted by Gasteiger charge is -2.14. The maximum Gasteiger partial charge on any atom is 0.269 e. The number of hydrogen-bond donors (Lipinski definition) is 1. The van der Waals surface area contributed by atoms with Crippen molar-refractivity contribution in [3.05, 3.63) is 81.9 Å². The van der Waals surface area contributed by atoms with Gasteiger partial charge in [-0.05, 0) is 60.0 Å². The van der Waals surface area contributed by atoms with Crippen LogP contribution in [0.2, 0.25) is 0 Å². The van der Waals surface area contributed by atoms with Gasteiger partial charge in [-0.25, -0.2) is 0 Å². The number of non-ortho nitro benzene ring substituents is 1. The van der Waals surface area contributed by atoms with Gasteiger partial charge in [0, 0.05) is 17.7 Å². The summed E-state index contributed by atoms with van der Waals surface area (Å²) in [5.41, 5.74) is 3.67. The Morgan fingerprint density at radius 3 is 2.29 bits per heavy atom. The van der Waals surface area contributed by atoms with Gasteiger partial charge in [0.1, 0.15) is 12.4 Å². The molecule has 0 saturated heterocycles. The number of phenolic OH excluding ortho intramolecular Hbond substituents is 1. The Labute approximate surface area is 179 Å². The number of aromatic hydroxyl groups is 1. The van der Waals surface area contributed by atoms with Crippen molar-refractivity contribution in [2.24, 2.45) is 5.16 Å². The molecule has 0 radical (unpaired) electrons. The van der Waals surface area contributed by atoms with E-state index in [0.29, 0.717) is 17.0 Å². The number of ether oxygens (including phenoxy) is 2. The van der Waals surface area contributed by atoms with Crippen LogP contribution in [0.5, 0.6) is 17.2 Å². The van der Waals surface area contributed by atoms with E-state index in [0.717, 1.165) is 22.4 Å². The third-order valence-electron chi connectivity index (χ3n) is 4.69. The molecule has 0 aliphatic heterocycles. The highest BCUT2D eigenvalue weighted by atomic mass is 16.6. The Morgan fingerprint density at radius 2 is 1.71 bits per heavy atom. The molecule has 0 aliphatic carbocycles. The summed E-state index contributed by atoms with van der Waals surface area (Å²) in [4.78, 5) is 15.7. The molecule has 0 aromatic heterocycles. The van der Waals surface area contributed by atoms with Crippen LogP contribution < -0.4 is 9.47 Å². The first-order valence-corrected chi connectivity index (χ1v) is 9.38. The maximum atomic E-state index is 10.7. The van der Waals surface area contributed by atoms with Gasteiger partial charge in [0.15, 0.2) is 11.5 Å². The van der Waals surface area contributed by atoms with Crippen LogP contribution in [0.25, 0.3) is 11.1 Å². The van der Waals surface area contributed by atoms with E-state index in [9.17, 15) is 15.2 Å². The molecule has 0 atom stereocenters. The van der Waals surface area contributed by atoms with E-state index in [2.05, 4.69) is 5.16 Å². The van der Waals surface area contributed by atoms with Gasteiger partial charge >= 0.3 is 0 Å². The number of phenols is 1. The van der Waals surface area contributed by atoms with Crippen LogP contribution in [-0.4, -0.2) is 30.0 Å². The van der Waals surface area contributed by atoms with E-state index >= 15 is 0 Å². The minimum absolute atomic E-state index is 0.0142. The van der Waals surface area contributed by atoms with Crippen molar-refractivity contribution in [2.45, 2.75) is 13.5 Å². The van der Waals surface area contributed by atoms with Gasteiger partial charge in [-0.2, -0.15) is 0 Å². The Bertz CT molecular complexity index is 1090. The monoisotopic (exact) mass is 422 g/mol. The molecule has 0 unspecified atom stereocenters. The Balaban J connectivity index is 1.86. The third kappa shape index (κ3) is 5.11. The molecule has 0 heterocycles. The van der Waals surface area contributed by atoms with Gasteiger partial charge in [-0.3, -0.25) is 10.1 Å². The number of oxime groups is 1. The lowest BCUT2D eigenvalue weighted by atomic mass is 9.96. The van der Waals surface area contributed by atoms with Crippen molar-refractivity contribution in [3.8, 4) is 28.4 Å². The number of benzene rings is 3. The van der Waals surface area contributed by atoms with Crippen molar-refractivity contribution < 1.29 is 24.3 Å². The third-order valence-corrected chi connectivity index (χ3v) is 4.69. The second kappa shape index (κ2) is 9.62. The molecule has 0 amide bonds. The molecule has 160 valence electrons. The van der Waals surface area contributed by atoms with Crippen molar-refractivity contribution >= 4 is 11.4 Å². The molecule has 3 aromatic rings. The topological polar surface area (TPSA) is 103 Å². The average molecular weight is 422 g/mol. The molecule has 3 aromatic carbocycles. The Hall–Kier alpha value is -4.07. The van der Waals surface area contributed by atoms with Gasteiger partial charge < -0.3 is 19.4 Å². The van der Waals surface area contributed by atoms with Crippen LogP contribution in [0.3, 0.4) is 0 Å². The predicted molar refractivity (Wildman–Crippen MR) is 117 cm³/mol. The van der Waals surface area contributed by atoms with Crippen molar-refractivity contribution in [2.75, 3.05) is 14.2 Å². The number of nitro groups is 1. The van der Waals surface area contributed by atoms with E-state index in [1.165, 1.54) is 19.2 Å². The summed E-state index contributed by atoms with van der Waals surface area (Å²) in [6.45, 7) is 1.92. The number of nitrogens with zero attached hydrogens (tertiary/aromatic N) is 2. The zero-order valence-corrected chi connectivity index (χ0v) is 17.4. The highest BCUT2D eigenvalue weighted by molar-refractivity contribution is 6.05. The highest BCUT2D eigenvalue weighted by Gasteiger charge is 2.15.